The monoisotopic (exact) mass is 448 g/mol. The third kappa shape index (κ3) is 3.86. The first-order chi connectivity index (χ1) is 15.9. The van der Waals surface area contributed by atoms with Crippen LogP contribution in [0.15, 0.2) is 48.5 Å². The Balaban J connectivity index is 1.29. The van der Waals surface area contributed by atoms with Crippen molar-refractivity contribution in [1.29, 1.82) is 0 Å². The van der Waals surface area contributed by atoms with Crippen LogP contribution in [0, 0.1) is 0 Å². The number of nitrogens with one attached hydrogen (secondary N) is 2. The maximum Gasteiger partial charge on any atom is 0.408 e. The molecular formula is C26H28N2O5. The minimum atomic E-state index is -1.19. The van der Waals surface area contributed by atoms with Crippen LogP contribution in [-0.4, -0.2) is 40.8 Å². The number of carboxylic acid groups (broad SMARTS) is 1. The van der Waals surface area contributed by atoms with Gasteiger partial charge in [-0.3, -0.25) is 4.79 Å². The van der Waals surface area contributed by atoms with Crippen molar-refractivity contribution in [1.82, 2.24) is 10.6 Å². The standard InChI is InChI=1S/C26H28N2O5/c29-22(27-26(14-15-26)23(30)31)25(12-6-1-7-13-25)28-24(32)33-16-21-19-10-4-2-8-17(19)18-9-3-5-11-20(18)21/h2-5,8-11,21H,1,6-7,12-16H2,(H,27,29)(H,28,32)(H,30,31). The molecule has 0 unspecified atom stereocenters. The second kappa shape index (κ2) is 8.21. The highest BCUT2D eigenvalue weighted by molar-refractivity contribution is 5.95. The first-order valence-electron chi connectivity index (χ1n) is 11.6. The average molecular weight is 449 g/mol. The van der Waals surface area contributed by atoms with Gasteiger partial charge in [0.15, 0.2) is 0 Å². The first-order valence-corrected chi connectivity index (χ1v) is 11.6. The molecule has 0 aliphatic heterocycles. The largest absolute Gasteiger partial charge is 0.480 e. The van der Waals surface area contributed by atoms with Crippen LogP contribution in [-0.2, 0) is 14.3 Å². The van der Waals surface area contributed by atoms with Crippen LogP contribution in [0.5, 0.6) is 0 Å². The molecule has 2 aromatic carbocycles. The van der Waals surface area contributed by atoms with Crippen molar-refractivity contribution in [3.05, 3.63) is 59.7 Å². The number of hydrogen-bond donors (Lipinski definition) is 3. The summed E-state index contributed by atoms with van der Waals surface area (Å²) in [6.45, 7) is 0.163. The normalized spacial score (nSPS) is 19.6. The molecule has 3 aliphatic carbocycles. The van der Waals surface area contributed by atoms with E-state index in [1.165, 1.54) is 0 Å². The van der Waals surface area contributed by atoms with Gasteiger partial charge in [0.1, 0.15) is 17.7 Å². The molecule has 0 radical (unpaired) electrons. The van der Waals surface area contributed by atoms with Gasteiger partial charge in [-0.15, -0.1) is 0 Å². The zero-order valence-electron chi connectivity index (χ0n) is 18.4. The molecule has 0 heterocycles. The molecule has 0 aromatic heterocycles. The Bertz CT molecular complexity index is 1060. The van der Waals surface area contributed by atoms with Gasteiger partial charge in [-0.1, -0.05) is 67.8 Å². The molecule has 2 fully saturated rings. The minimum Gasteiger partial charge on any atom is -0.480 e. The van der Waals surface area contributed by atoms with E-state index in [-0.39, 0.29) is 12.5 Å². The highest BCUT2D eigenvalue weighted by Crippen LogP contribution is 2.44. The van der Waals surface area contributed by atoms with Crippen molar-refractivity contribution in [2.75, 3.05) is 6.61 Å². The van der Waals surface area contributed by atoms with Crippen LogP contribution in [0.25, 0.3) is 11.1 Å². The lowest BCUT2D eigenvalue weighted by Crippen LogP contribution is -2.62. The SMILES string of the molecule is O=C(NC1(C(=O)NC2(C(=O)O)CC2)CCCCC1)OCC1c2ccccc2-c2ccccc21. The number of carbonyl (C=O) groups is 3. The summed E-state index contributed by atoms with van der Waals surface area (Å²) in [5.41, 5.74) is 2.21. The smallest absolute Gasteiger partial charge is 0.408 e. The molecular weight excluding hydrogens is 420 g/mol. The molecule has 172 valence electrons. The molecule has 0 atom stereocenters. The van der Waals surface area contributed by atoms with Crippen LogP contribution in [0.3, 0.4) is 0 Å². The molecule has 7 heteroatoms. The van der Waals surface area contributed by atoms with E-state index in [2.05, 4.69) is 34.9 Å². The van der Waals surface area contributed by atoms with E-state index in [1.807, 2.05) is 24.3 Å². The second-order valence-electron chi connectivity index (χ2n) is 9.43. The maximum atomic E-state index is 13.2. The summed E-state index contributed by atoms with van der Waals surface area (Å²) in [7, 11) is 0. The number of alkyl carbamates (subject to hydrolysis) is 1. The van der Waals surface area contributed by atoms with Gasteiger partial charge in [0.25, 0.3) is 0 Å². The highest BCUT2D eigenvalue weighted by Gasteiger charge is 2.54. The van der Waals surface area contributed by atoms with Crippen molar-refractivity contribution < 1.29 is 24.2 Å². The molecule has 0 saturated heterocycles. The van der Waals surface area contributed by atoms with E-state index in [1.54, 1.807) is 0 Å². The highest BCUT2D eigenvalue weighted by atomic mass is 16.5. The molecule has 2 amide bonds. The molecule has 0 spiro atoms. The fraction of sp³-hybridized carbons (Fsp3) is 0.423. The van der Waals surface area contributed by atoms with Gasteiger partial charge < -0.3 is 20.5 Å². The predicted molar refractivity (Wildman–Crippen MR) is 122 cm³/mol. The van der Waals surface area contributed by atoms with E-state index in [0.29, 0.717) is 25.7 Å². The van der Waals surface area contributed by atoms with Gasteiger partial charge in [-0.05, 0) is 47.9 Å². The first kappa shape index (κ1) is 21.5. The van der Waals surface area contributed by atoms with Gasteiger partial charge in [-0.2, -0.15) is 0 Å². The van der Waals surface area contributed by atoms with E-state index in [9.17, 15) is 19.5 Å². The summed E-state index contributed by atoms with van der Waals surface area (Å²) in [6.07, 6.45) is 3.68. The number of ether oxygens (including phenoxy) is 1. The molecule has 5 rings (SSSR count). The number of carboxylic acids is 1. The fourth-order valence-corrected chi connectivity index (χ4v) is 5.25. The lowest BCUT2D eigenvalue weighted by atomic mass is 9.80. The Morgan fingerprint density at radius 3 is 1.94 bits per heavy atom. The summed E-state index contributed by atoms with van der Waals surface area (Å²) < 4.78 is 5.66. The molecule has 33 heavy (non-hydrogen) atoms. The summed E-state index contributed by atoms with van der Waals surface area (Å²) in [4.78, 5) is 37.6. The zero-order chi connectivity index (χ0) is 23.1. The van der Waals surface area contributed by atoms with Gasteiger partial charge in [0.2, 0.25) is 5.91 Å². The van der Waals surface area contributed by atoms with Crippen molar-refractivity contribution in [2.24, 2.45) is 0 Å². The number of amides is 2. The molecule has 7 nitrogen and oxygen atoms in total. The van der Waals surface area contributed by atoms with Gasteiger partial charge >= 0.3 is 12.1 Å². The van der Waals surface area contributed by atoms with E-state index < -0.39 is 29.0 Å². The van der Waals surface area contributed by atoms with Gasteiger partial charge in [0.05, 0.1) is 0 Å². The van der Waals surface area contributed by atoms with Crippen LogP contribution in [0.1, 0.15) is 62.0 Å². The average Bonchev–Trinajstić information content (AvgIpc) is 3.54. The Hall–Kier alpha value is -3.35. The van der Waals surface area contributed by atoms with Crippen molar-refractivity contribution in [3.8, 4) is 11.1 Å². The van der Waals surface area contributed by atoms with E-state index >= 15 is 0 Å². The van der Waals surface area contributed by atoms with Crippen molar-refractivity contribution in [2.45, 2.75) is 61.9 Å². The van der Waals surface area contributed by atoms with Crippen molar-refractivity contribution >= 4 is 18.0 Å². The number of rotatable bonds is 6. The van der Waals surface area contributed by atoms with Crippen LogP contribution in [0.2, 0.25) is 0 Å². The number of carbonyl (C=O) groups excluding carboxylic acids is 2. The summed E-state index contributed by atoms with van der Waals surface area (Å²) in [5, 5.41) is 15.0. The Labute approximate surface area is 192 Å². The molecule has 3 N–H and O–H groups in total. The zero-order valence-corrected chi connectivity index (χ0v) is 18.4. The number of benzene rings is 2. The van der Waals surface area contributed by atoms with E-state index in [0.717, 1.165) is 41.5 Å². The third-order valence-corrected chi connectivity index (χ3v) is 7.34. The summed E-state index contributed by atoms with van der Waals surface area (Å²) in [6, 6.07) is 16.2. The predicted octanol–water partition coefficient (Wildman–Crippen LogP) is 3.96. The summed E-state index contributed by atoms with van der Waals surface area (Å²) >= 11 is 0. The number of hydrogen-bond acceptors (Lipinski definition) is 4. The van der Waals surface area contributed by atoms with Crippen LogP contribution >= 0.6 is 0 Å². The van der Waals surface area contributed by atoms with Crippen LogP contribution < -0.4 is 10.6 Å². The minimum absolute atomic E-state index is 0.0685. The van der Waals surface area contributed by atoms with E-state index in [4.69, 9.17) is 4.74 Å². The number of aliphatic carboxylic acids is 1. The van der Waals surface area contributed by atoms with Crippen molar-refractivity contribution in [3.63, 3.8) is 0 Å². The van der Waals surface area contributed by atoms with Crippen LogP contribution in [0.4, 0.5) is 4.79 Å². The topological polar surface area (TPSA) is 105 Å². The third-order valence-electron chi connectivity index (χ3n) is 7.34. The summed E-state index contributed by atoms with van der Waals surface area (Å²) in [5.74, 6) is -1.51. The Morgan fingerprint density at radius 2 is 1.39 bits per heavy atom. The Kier molecular flexibility index (Phi) is 5.35. The lowest BCUT2D eigenvalue weighted by Gasteiger charge is -2.37. The molecule has 0 bridgehead atoms. The maximum absolute atomic E-state index is 13.2. The second-order valence-corrected chi connectivity index (χ2v) is 9.43. The van der Waals surface area contributed by atoms with Gasteiger partial charge in [-0.25, -0.2) is 9.59 Å². The quantitative estimate of drug-likeness (QED) is 0.620. The molecule has 2 aromatic rings. The van der Waals surface area contributed by atoms with Gasteiger partial charge in [0, 0.05) is 5.92 Å². The lowest BCUT2D eigenvalue weighted by molar-refractivity contribution is -0.144. The Morgan fingerprint density at radius 1 is 0.818 bits per heavy atom. The molecule has 3 aliphatic rings. The number of fused-ring (bicyclic) bond motifs is 3. The molecule has 2 saturated carbocycles. The fourth-order valence-electron chi connectivity index (χ4n) is 5.25.